The van der Waals surface area contributed by atoms with E-state index in [0.29, 0.717) is 5.70 Å². The molecule has 2 aromatic carbocycles. The van der Waals surface area contributed by atoms with Crippen LogP contribution in [0.15, 0.2) is 88.6 Å². The SMILES string of the molecule is C=C\N=C(C)/C(C(=N\C)/c1ccc(Oc2ccccc2)cc1)=C(\C)N. The van der Waals surface area contributed by atoms with Crippen molar-refractivity contribution in [2.75, 3.05) is 7.05 Å². The van der Waals surface area contributed by atoms with E-state index in [-0.39, 0.29) is 0 Å². The minimum absolute atomic E-state index is 0.660. The molecule has 0 radical (unpaired) electrons. The van der Waals surface area contributed by atoms with Crippen molar-refractivity contribution in [3.05, 3.63) is 84.2 Å². The van der Waals surface area contributed by atoms with Gasteiger partial charge in [0.2, 0.25) is 0 Å². The molecule has 2 N–H and O–H groups in total. The Hall–Kier alpha value is -3.14. The molecule has 0 aliphatic heterocycles. The van der Waals surface area contributed by atoms with Crippen LogP contribution in [0.4, 0.5) is 0 Å². The van der Waals surface area contributed by atoms with Crippen molar-refractivity contribution in [3.63, 3.8) is 0 Å². The van der Waals surface area contributed by atoms with Gasteiger partial charge >= 0.3 is 0 Å². The van der Waals surface area contributed by atoms with Crippen LogP contribution in [-0.2, 0) is 0 Å². The second-order valence-electron chi connectivity index (χ2n) is 5.47. The highest BCUT2D eigenvalue weighted by atomic mass is 16.5. The lowest BCUT2D eigenvalue weighted by Gasteiger charge is -2.13. The molecule has 0 bridgehead atoms. The molecule has 0 saturated heterocycles. The number of hydrogen-bond acceptors (Lipinski definition) is 4. The molecule has 25 heavy (non-hydrogen) atoms. The third-order valence-electron chi connectivity index (χ3n) is 3.61. The second kappa shape index (κ2) is 8.64. The molecule has 0 aliphatic rings. The zero-order valence-corrected chi connectivity index (χ0v) is 14.9. The highest BCUT2D eigenvalue weighted by molar-refractivity contribution is 6.30. The highest BCUT2D eigenvalue weighted by Gasteiger charge is 2.14. The molecule has 0 saturated carbocycles. The number of nitrogens with zero attached hydrogens (tertiary/aromatic N) is 2. The Balaban J connectivity index is 2.31. The van der Waals surface area contributed by atoms with Crippen LogP contribution >= 0.6 is 0 Å². The largest absolute Gasteiger partial charge is 0.457 e. The predicted molar refractivity (Wildman–Crippen MR) is 106 cm³/mol. The van der Waals surface area contributed by atoms with Gasteiger partial charge < -0.3 is 10.5 Å². The van der Waals surface area contributed by atoms with Crippen molar-refractivity contribution in [1.29, 1.82) is 0 Å². The Labute approximate surface area is 149 Å². The molecule has 0 amide bonds. The van der Waals surface area contributed by atoms with Crippen LogP contribution in [0.5, 0.6) is 11.5 Å². The molecular formula is C21H23N3O. The molecule has 0 unspecified atom stereocenters. The molecule has 4 heteroatoms. The van der Waals surface area contributed by atoms with Gasteiger partial charge in [-0.05, 0) is 50.2 Å². The molecule has 0 fully saturated rings. The Morgan fingerprint density at radius 3 is 2.12 bits per heavy atom. The lowest BCUT2D eigenvalue weighted by atomic mass is 9.97. The molecule has 2 aromatic rings. The van der Waals surface area contributed by atoms with E-state index in [0.717, 1.165) is 34.1 Å². The van der Waals surface area contributed by atoms with E-state index in [1.165, 1.54) is 6.20 Å². The Morgan fingerprint density at radius 2 is 1.60 bits per heavy atom. The number of ether oxygens (including phenoxy) is 1. The topological polar surface area (TPSA) is 60.0 Å². The summed E-state index contributed by atoms with van der Waals surface area (Å²) in [4.78, 5) is 8.67. The maximum atomic E-state index is 6.07. The quantitative estimate of drug-likeness (QED) is 0.777. The highest BCUT2D eigenvalue weighted by Crippen LogP contribution is 2.23. The molecule has 128 valence electrons. The van der Waals surface area contributed by atoms with Crippen LogP contribution in [0.3, 0.4) is 0 Å². The van der Waals surface area contributed by atoms with E-state index in [2.05, 4.69) is 16.6 Å². The molecular weight excluding hydrogens is 310 g/mol. The van der Waals surface area contributed by atoms with Crippen molar-refractivity contribution < 1.29 is 4.74 Å². The van der Waals surface area contributed by atoms with Crippen molar-refractivity contribution >= 4 is 11.4 Å². The third kappa shape index (κ3) is 4.67. The maximum Gasteiger partial charge on any atom is 0.127 e. The van der Waals surface area contributed by atoms with Crippen molar-refractivity contribution in [1.82, 2.24) is 0 Å². The van der Waals surface area contributed by atoms with E-state index in [4.69, 9.17) is 10.5 Å². The average molecular weight is 333 g/mol. The first-order chi connectivity index (χ1) is 12.1. The van der Waals surface area contributed by atoms with Crippen molar-refractivity contribution in [2.24, 2.45) is 15.7 Å². The summed E-state index contributed by atoms with van der Waals surface area (Å²) in [6.07, 6.45) is 1.50. The fraction of sp³-hybridized carbons (Fsp3) is 0.143. The minimum atomic E-state index is 0.660. The van der Waals surface area contributed by atoms with Crippen molar-refractivity contribution in [2.45, 2.75) is 13.8 Å². The van der Waals surface area contributed by atoms with E-state index < -0.39 is 0 Å². The van der Waals surface area contributed by atoms with Gasteiger partial charge in [-0.25, -0.2) is 0 Å². The molecule has 0 aliphatic carbocycles. The number of hydrogen-bond donors (Lipinski definition) is 1. The fourth-order valence-corrected chi connectivity index (χ4v) is 2.54. The van der Waals surface area contributed by atoms with E-state index >= 15 is 0 Å². The fourth-order valence-electron chi connectivity index (χ4n) is 2.54. The minimum Gasteiger partial charge on any atom is -0.457 e. The van der Waals surface area contributed by atoms with Gasteiger partial charge in [0.05, 0.1) is 5.71 Å². The third-order valence-corrected chi connectivity index (χ3v) is 3.61. The van der Waals surface area contributed by atoms with Crippen LogP contribution in [0.1, 0.15) is 19.4 Å². The lowest BCUT2D eigenvalue weighted by Crippen LogP contribution is -2.17. The smallest absolute Gasteiger partial charge is 0.127 e. The summed E-state index contributed by atoms with van der Waals surface area (Å²) in [5.74, 6) is 1.56. The van der Waals surface area contributed by atoms with Gasteiger partial charge in [0, 0.05) is 35.8 Å². The van der Waals surface area contributed by atoms with Crippen LogP contribution in [0.2, 0.25) is 0 Å². The molecule has 2 rings (SSSR count). The first kappa shape index (κ1) is 18.2. The predicted octanol–water partition coefficient (Wildman–Crippen LogP) is 4.73. The Kier molecular flexibility index (Phi) is 6.29. The summed E-state index contributed by atoms with van der Waals surface area (Å²) >= 11 is 0. The number of rotatable bonds is 6. The van der Waals surface area contributed by atoms with Gasteiger partial charge in [-0.15, -0.1) is 0 Å². The Bertz CT molecular complexity index is 812. The average Bonchev–Trinajstić information content (AvgIpc) is 2.61. The van der Waals surface area contributed by atoms with Gasteiger partial charge in [-0.3, -0.25) is 9.98 Å². The number of aliphatic imine (C=N–C) groups is 2. The van der Waals surface area contributed by atoms with Crippen LogP contribution in [-0.4, -0.2) is 18.5 Å². The van der Waals surface area contributed by atoms with E-state index in [9.17, 15) is 0 Å². The zero-order chi connectivity index (χ0) is 18.2. The summed E-state index contributed by atoms with van der Waals surface area (Å²) in [6.45, 7) is 7.38. The summed E-state index contributed by atoms with van der Waals surface area (Å²) in [5.41, 5.74) is 10.1. The number of nitrogens with two attached hydrogens (primary N) is 1. The summed E-state index contributed by atoms with van der Waals surface area (Å²) < 4.78 is 5.83. The number of allylic oxidation sites excluding steroid dienone is 2. The summed E-state index contributed by atoms with van der Waals surface area (Å²) in [6, 6.07) is 17.4. The summed E-state index contributed by atoms with van der Waals surface area (Å²) in [5, 5.41) is 0. The molecule has 0 aromatic heterocycles. The van der Waals surface area contributed by atoms with Gasteiger partial charge in [-0.1, -0.05) is 24.8 Å². The first-order valence-corrected chi connectivity index (χ1v) is 7.99. The maximum absolute atomic E-state index is 6.07. The molecule has 0 spiro atoms. The normalized spacial score (nSPS) is 13.2. The number of benzene rings is 2. The van der Waals surface area contributed by atoms with Crippen LogP contribution in [0.25, 0.3) is 0 Å². The second-order valence-corrected chi connectivity index (χ2v) is 5.47. The lowest BCUT2D eigenvalue weighted by molar-refractivity contribution is 0.482. The van der Waals surface area contributed by atoms with Crippen LogP contribution in [0, 0.1) is 0 Å². The molecule has 0 atom stereocenters. The molecule has 0 heterocycles. The van der Waals surface area contributed by atoms with E-state index in [1.807, 2.05) is 68.4 Å². The summed E-state index contributed by atoms with van der Waals surface area (Å²) in [7, 11) is 1.74. The first-order valence-electron chi connectivity index (χ1n) is 7.99. The van der Waals surface area contributed by atoms with E-state index in [1.54, 1.807) is 7.05 Å². The zero-order valence-electron chi connectivity index (χ0n) is 14.9. The standard InChI is InChI=1S/C21H23N3O/c1-5-24-16(3)20(15(2)22)21(23-4)17-11-13-19(14-12-17)25-18-9-7-6-8-10-18/h5-14H,1,22H2,2-4H3/b20-15-,23-21-,24-16-. The van der Waals surface area contributed by atoms with Crippen molar-refractivity contribution in [3.8, 4) is 11.5 Å². The van der Waals surface area contributed by atoms with Gasteiger partial charge in [0.25, 0.3) is 0 Å². The Morgan fingerprint density at radius 1 is 1.00 bits per heavy atom. The van der Waals surface area contributed by atoms with Gasteiger partial charge in [-0.2, -0.15) is 0 Å². The van der Waals surface area contributed by atoms with Crippen LogP contribution < -0.4 is 10.5 Å². The van der Waals surface area contributed by atoms with Gasteiger partial charge in [0.1, 0.15) is 11.5 Å². The molecule has 4 nitrogen and oxygen atoms in total. The monoisotopic (exact) mass is 333 g/mol. The van der Waals surface area contributed by atoms with Gasteiger partial charge in [0.15, 0.2) is 0 Å². The number of para-hydroxylation sites is 1.